The summed E-state index contributed by atoms with van der Waals surface area (Å²) in [7, 11) is 6.41. The lowest BCUT2D eigenvalue weighted by Crippen LogP contribution is -2.37. The number of carbonyl (C=O) groups excluding carboxylic acids is 1. The van der Waals surface area contributed by atoms with Gasteiger partial charge in [0.05, 0.1) is 14.2 Å². The predicted molar refractivity (Wildman–Crippen MR) is 98.3 cm³/mol. The van der Waals surface area contributed by atoms with Crippen LogP contribution in [0.4, 0.5) is 4.39 Å². The van der Waals surface area contributed by atoms with E-state index in [1.165, 1.54) is 24.1 Å². The van der Waals surface area contributed by atoms with E-state index in [4.69, 9.17) is 14.2 Å². The van der Waals surface area contributed by atoms with Crippen LogP contribution in [0.15, 0.2) is 36.4 Å². The number of halogens is 1. The lowest BCUT2D eigenvalue weighted by atomic mass is 10.0. The third-order valence-corrected chi connectivity index (χ3v) is 3.96. The molecule has 2 rings (SSSR count). The van der Waals surface area contributed by atoms with Crippen molar-refractivity contribution in [1.82, 2.24) is 4.90 Å². The average Bonchev–Trinajstić information content (AvgIpc) is 2.64. The quantitative estimate of drug-likeness (QED) is 0.753. The van der Waals surface area contributed by atoms with Crippen molar-refractivity contribution in [2.24, 2.45) is 0 Å². The molecule has 2 aromatic carbocycles. The summed E-state index contributed by atoms with van der Waals surface area (Å²) in [6, 6.07) is 9.61. The number of benzene rings is 2. The van der Waals surface area contributed by atoms with Gasteiger partial charge in [-0.3, -0.25) is 4.79 Å². The lowest BCUT2D eigenvalue weighted by molar-refractivity contribution is -0.136. The van der Waals surface area contributed by atoms with Crippen LogP contribution in [0.3, 0.4) is 0 Å². The van der Waals surface area contributed by atoms with Crippen LogP contribution in [0.1, 0.15) is 13.3 Å². The minimum atomic E-state index is -0.597. The maximum absolute atomic E-state index is 13.5. The monoisotopic (exact) mass is 361 g/mol. The first-order valence-electron chi connectivity index (χ1n) is 8.30. The highest BCUT2D eigenvalue weighted by Gasteiger charge is 2.21. The minimum Gasteiger partial charge on any atom is -0.497 e. The first-order valence-corrected chi connectivity index (χ1v) is 8.30. The molecule has 1 unspecified atom stereocenters. The van der Waals surface area contributed by atoms with E-state index in [0.29, 0.717) is 29.2 Å². The molecule has 0 saturated heterocycles. The highest BCUT2D eigenvalue weighted by Crippen LogP contribution is 2.36. The fraction of sp³-hybridized carbons (Fsp3) is 0.350. The lowest BCUT2D eigenvalue weighted by Gasteiger charge is -2.21. The van der Waals surface area contributed by atoms with E-state index >= 15 is 0 Å². The summed E-state index contributed by atoms with van der Waals surface area (Å²) in [5.41, 5.74) is 1.44. The molecular weight excluding hydrogens is 337 g/mol. The maximum atomic E-state index is 13.5. The van der Waals surface area contributed by atoms with E-state index in [0.717, 1.165) is 5.56 Å². The van der Waals surface area contributed by atoms with Crippen molar-refractivity contribution < 1.29 is 23.4 Å². The van der Waals surface area contributed by atoms with Crippen LogP contribution in [-0.2, 0) is 4.79 Å². The Bertz CT molecular complexity index is 776. The van der Waals surface area contributed by atoms with E-state index in [2.05, 4.69) is 0 Å². The van der Waals surface area contributed by atoms with Crippen molar-refractivity contribution in [3.05, 3.63) is 42.2 Å². The largest absolute Gasteiger partial charge is 0.497 e. The minimum absolute atomic E-state index is 0.115. The number of hydrogen-bond acceptors (Lipinski definition) is 4. The second-order valence-corrected chi connectivity index (χ2v) is 5.99. The summed E-state index contributed by atoms with van der Waals surface area (Å²) in [5.74, 6) is 0.966. The molecule has 0 N–H and O–H groups in total. The Hall–Kier alpha value is -2.76. The Kier molecular flexibility index (Phi) is 6.44. The van der Waals surface area contributed by atoms with E-state index in [1.807, 2.05) is 6.92 Å². The highest BCUT2D eigenvalue weighted by molar-refractivity contribution is 5.81. The zero-order chi connectivity index (χ0) is 19.3. The van der Waals surface area contributed by atoms with Crippen LogP contribution < -0.4 is 14.2 Å². The van der Waals surface area contributed by atoms with Crippen LogP contribution in [0.5, 0.6) is 17.2 Å². The molecule has 1 amide bonds. The Labute approximate surface area is 153 Å². The standard InChI is InChI=1S/C20H24FNO4/c1-6-18(20(23)22(2)3)26-16-10-13(9-15(12-16)24-4)17-8-7-14(21)11-19(17)25-5/h7-12,18H,6H2,1-5H3. The van der Waals surface area contributed by atoms with Crippen molar-refractivity contribution in [3.63, 3.8) is 0 Å². The number of carbonyl (C=O) groups is 1. The SMILES string of the molecule is CCC(Oc1cc(OC)cc(-c2ccc(F)cc2OC)c1)C(=O)N(C)C. The summed E-state index contributed by atoms with van der Waals surface area (Å²) in [6.07, 6.45) is -0.0660. The second kappa shape index (κ2) is 8.56. The summed E-state index contributed by atoms with van der Waals surface area (Å²) in [4.78, 5) is 13.7. The normalized spacial score (nSPS) is 11.6. The number of amides is 1. The third kappa shape index (κ3) is 4.45. The molecule has 0 radical (unpaired) electrons. The molecule has 0 aromatic heterocycles. The Morgan fingerprint density at radius 1 is 1.08 bits per heavy atom. The molecule has 0 saturated carbocycles. The molecule has 1 atom stereocenters. The van der Waals surface area contributed by atoms with Crippen LogP contribution in [0.2, 0.25) is 0 Å². The van der Waals surface area contributed by atoms with Crippen molar-refractivity contribution in [2.75, 3.05) is 28.3 Å². The molecule has 140 valence electrons. The molecule has 0 aliphatic rings. The van der Waals surface area contributed by atoms with Gasteiger partial charge in [0.25, 0.3) is 5.91 Å². The summed E-state index contributed by atoms with van der Waals surface area (Å²) in [6.45, 7) is 1.89. The maximum Gasteiger partial charge on any atom is 0.263 e. The van der Waals surface area contributed by atoms with Gasteiger partial charge in [-0.2, -0.15) is 0 Å². The molecule has 6 heteroatoms. The molecule has 0 heterocycles. The number of methoxy groups -OCH3 is 2. The van der Waals surface area contributed by atoms with Crippen molar-refractivity contribution in [3.8, 4) is 28.4 Å². The topological polar surface area (TPSA) is 48.0 Å². The highest BCUT2D eigenvalue weighted by atomic mass is 19.1. The molecule has 0 aliphatic carbocycles. The molecule has 0 fully saturated rings. The predicted octanol–water partition coefficient (Wildman–Crippen LogP) is 3.76. The zero-order valence-corrected chi connectivity index (χ0v) is 15.7. The van der Waals surface area contributed by atoms with Gasteiger partial charge in [-0.15, -0.1) is 0 Å². The van der Waals surface area contributed by atoms with E-state index in [-0.39, 0.29) is 11.7 Å². The van der Waals surface area contributed by atoms with E-state index in [9.17, 15) is 9.18 Å². The molecule has 26 heavy (non-hydrogen) atoms. The Balaban J connectivity index is 2.44. The fourth-order valence-electron chi connectivity index (χ4n) is 2.58. The number of likely N-dealkylation sites (N-methyl/N-ethyl adjacent to an activating group) is 1. The summed E-state index contributed by atoms with van der Waals surface area (Å²) in [5, 5.41) is 0. The zero-order valence-electron chi connectivity index (χ0n) is 15.7. The Morgan fingerprint density at radius 2 is 1.77 bits per heavy atom. The number of rotatable bonds is 7. The van der Waals surface area contributed by atoms with Gasteiger partial charge in [0.2, 0.25) is 0 Å². The average molecular weight is 361 g/mol. The van der Waals surface area contributed by atoms with Gasteiger partial charge in [0, 0.05) is 31.8 Å². The summed E-state index contributed by atoms with van der Waals surface area (Å²) < 4.78 is 30.0. The van der Waals surface area contributed by atoms with Crippen molar-refractivity contribution in [1.29, 1.82) is 0 Å². The molecule has 0 aliphatic heterocycles. The van der Waals surface area contributed by atoms with Gasteiger partial charge in [0.15, 0.2) is 6.10 Å². The van der Waals surface area contributed by atoms with Gasteiger partial charge in [-0.1, -0.05) is 6.92 Å². The van der Waals surface area contributed by atoms with Crippen molar-refractivity contribution >= 4 is 5.91 Å². The van der Waals surface area contributed by atoms with E-state index < -0.39 is 6.10 Å². The van der Waals surface area contributed by atoms with Crippen molar-refractivity contribution in [2.45, 2.75) is 19.4 Å². The fourth-order valence-corrected chi connectivity index (χ4v) is 2.58. The van der Waals surface area contributed by atoms with Crippen LogP contribution >= 0.6 is 0 Å². The molecule has 2 aromatic rings. The number of nitrogens with zero attached hydrogens (tertiary/aromatic N) is 1. The van der Waals surface area contributed by atoms with Crippen LogP contribution in [0, 0.1) is 5.82 Å². The first kappa shape index (κ1) is 19.6. The van der Waals surface area contributed by atoms with Gasteiger partial charge >= 0.3 is 0 Å². The Morgan fingerprint density at radius 3 is 2.35 bits per heavy atom. The molecule has 0 spiro atoms. The first-order chi connectivity index (χ1) is 12.4. The second-order valence-electron chi connectivity index (χ2n) is 5.99. The summed E-state index contributed by atoms with van der Waals surface area (Å²) >= 11 is 0. The smallest absolute Gasteiger partial charge is 0.263 e. The van der Waals surface area contributed by atoms with Gasteiger partial charge < -0.3 is 19.1 Å². The molecule has 0 bridgehead atoms. The van der Waals surface area contributed by atoms with Crippen LogP contribution in [0.25, 0.3) is 11.1 Å². The van der Waals surface area contributed by atoms with Gasteiger partial charge in [-0.25, -0.2) is 4.39 Å². The molecular formula is C20H24FNO4. The third-order valence-electron chi connectivity index (χ3n) is 3.96. The number of ether oxygens (including phenoxy) is 3. The number of hydrogen-bond donors (Lipinski definition) is 0. The van der Waals surface area contributed by atoms with E-state index in [1.54, 1.807) is 45.5 Å². The van der Waals surface area contributed by atoms with Gasteiger partial charge in [0.1, 0.15) is 23.1 Å². The van der Waals surface area contributed by atoms with Gasteiger partial charge in [-0.05, 0) is 36.2 Å². The molecule has 5 nitrogen and oxygen atoms in total. The van der Waals surface area contributed by atoms with Crippen LogP contribution in [-0.4, -0.2) is 45.2 Å².